The van der Waals surface area contributed by atoms with Crippen molar-refractivity contribution in [2.24, 2.45) is 0 Å². The lowest BCUT2D eigenvalue weighted by atomic mass is 10.2. The molecule has 1 aromatic rings. The van der Waals surface area contributed by atoms with Gasteiger partial charge in [0.2, 0.25) is 0 Å². The Morgan fingerprint density at radius 3 is 1.82 bits per heavy atom. The van der Waals surface area contributed by atoms with Crippen molar-refractivity contribution in [3.05, 3.63) is 29.6 Å². The predicted molar refractivity (Wildman–Crippen MR) is 105 cm³/mol. The Balaban J connectivity index is 2.89. The highest BCUT2D eigenvalue weighted by molar-refractivity contribution is 7.99. The van der Waals surface area contributed by atoms with E-state index < -0.39 is 0 Å². The van der Waals surface area contributed by atoms with Crippen LogP contribution in [0.4, 0.5) is 0 Å². The fraction of sp³-hybridized carbons (Fsp3) is 0.737. The molecule has 0 aliphatic rings. The molecule has 0 unspecified atom stereocenters. The number of hydrogen-bond donors (Lipinski definition) is 0. The molecule has 0 bridgehead atoms. The Bertz CT molecular complexity index is 463. The van der Waals surface area contributed by atoms with E-state index in [-0.39, 0.29) is 7.92 Å². The third kappa shape index (κ3) is 7.01. The first kappa shape index (κ1) is 20.0. The average Bonchev–Trinajstić information content (AvgIpc) is 2.30. The van der Waals surface area contributed by atoms with Crippen molar-refractivity contribution >= 4 is 19.7 Å². The van der Waals surface area contributed by atoms with Crippen LogP contribution in [0.25, 0.3) is 0 Å². The Labute approximate surface area is 143 Å². The van der Waals surface area contributed by atoms with Gasteiger partial charge in [-0.15, -0.1) is 11.8 Å². The van der Waals surface area contributed by atoms with Gasteiger partial charge in [-0.3, -0.25) is 4.98 Å². The summed E-state index contributed by atoms with van der Waals surface area (Å²) in [5, 5.41) is 0.705. The first-order chi connectivity index (χ1) is 9.79. The first-order valence-electron chi connectivity index (χ1n) is 8.15. The summed E-state index contributed by atoms with van der Waals surface area (Å²) in [4.78, 5) is 4.94. The molecule has 1 aromatic heterocycles. The highest BCUT2D eigenvalue weighted by Crippen LogP contribution is 2.61. The molecule has 0 saturated heterocycles. The molecule has 0 amide bonds. The van der Waals surface area contributed by atoms with Gasteiger partial charge in [-0.2, -0.15) is 0 Å². The fourth-order valence-electron chi connectivity index (χ4n) is 2.63. The van der Waals surface area contributed by atoms with Crippen LogP contribution in [-0.4, -0.2) is 20.0 Å². The third-order valence-corrected chi connectivity index (χ3v) is 8.64. The van der Waals surface area contributed by atoms with E-state index in [0.29, 0.717) is 15.1 Å². The summed E-state index contributed by atoms with van der Waals surface area (Å²) in [6.45, 7) is 21.1. The summed E-state index contributed by atoms with van der Waals surface area (Å²) >= 11 is 1.97. The van der Waals surface area contributed by atoms with E-state index in [4.69, 9.17) is 4.98 Å². The van der Waals surface area contributed by atoms with Gasteiger partial charge in [0.05, 0.1) is 5.69 Å². The van der Waals surface area contributed by atoms with Crippen LogP contribution in [0.3, 0.4) is 0 Å². The maximum absolute atomic E-state index is 4.94. The van der Waals surface area contributed by atoms with E-state index >= 15 is 0 Å². The highest BCUT2D eigenvalue weighted by Gasteiger charge is 2.34. The molecule has 1 nitrogen and oxygen atoms in total. The van der Waals surface area contributed by atoms with E-state index in [1.807, 2.05) is 11.8 Å². The number of hydrogen-bond acceptors (Lipinski definition) is 2. The van der Waals surface area contributed by atoms with Crippen molar-refractivity contribution in [1.82, 2.24) is 4.98 Å². The summed E-state index contributed by atoms with van der Waals surface area (Å²) in [6.07, 6.45) is 1.12. The topological polar surface area (TPSA) is 12.9 Å². The minimum absolute atomic E-state index is 0.133. The van der Waals surface area contributed by atoms with Crippen molar-refractivity contribution in [2.45, 2.75) is 89.3 Å². The SMILES string of the molecule is CC(C)(C)SCc1cccc(CP(C(C)(C)C)C(C)(C)C)n1. The van der Waals surface area contributed by atoms with Gasteiger partial charge in [0.25, 0.3) is 0 Å². The first-order valence-corrected chi connectivity index (χ1v) is 10.7. The van der Waals surface area contributed by atoms with Crippen LogP contribution >= 0.6 is 19.7 Å². The summed E-state index contributed by atoms with van der Waals surface area (Å²) in [7, 11) is -0.133. The molecule has 0 radical (unpaired) electrons. The lowest BCUT2D eigenvalue weighted by molar-refractivity contribution is 0.701. The molecular formula is C19H34NPS. The monoisotopic (exact) mass is 339 g/mol. The van der Waals surface area contributed by atoms with Crippen LogP contribution in [0.5, 0.6) is 0 Å². The molecule has 126 valence electrons. The number of pyridine rings is 1. The Morgan fingerprint density at radius 1 is 0.864 bits per heavy atom. The predicted octanol–water partition coefficient (Wildman–Crippen LogP) is 6.69. The molecule has 22 heavy (non-hydrogen) atoms. The molecule has 0 aliphatic carbocycles. The molecule has 0 fully saturated rings. The van der Waals surface area contributed by atoms with Crippen LogP contribution in [0.15, 0.2) is 18.2 Å². The number of rotatable bonds is 4. The minimum Gasteiger partial charge on any atom is -0.257 e. The second-order valence-corrected chi connectivity index (χ2v) is 14.6. The van der Waals surface area contributed by atoms with Crippen molar-refractivity contribution in [1.29, 1.82) is 0 Å². The fourth-order valence-corrected chi connectivity index (χ4v) is 6.83. The highest BCUT2D eigenvalue weighted by atomic mass is 32.2. The molecule has 3 heteroatoms. The van der Waals surface area contributed by atoms with Gasteiger partial charge < -0.3 is 0 Å². The zero-order chi connectivity index (χ0) is 17.2. The summed E-state index contributed by atoms with van der Waals surface area (Å²) in [6, 6.07) is 6.55. The van der Waals surface area contributed by atoms with Gasteiger partial charge in [-0.25, -0.2) is 0 Å². The second-order valence-electron chi connectivity index (χ2n) is 8.95. The van der Waals surface area contributed by atoms with Gasteiger partial charge in [-0.05, 0) is 22.4 Å². The third-order valence-electron chi connectivity index (χ3n) is 3.46. The molecule has 1 rings (SSSR count). The zero-order valence-electron chi connectivity index (χ0n) is 15.9. The lowest BCUT2D eigenvalue weighted by Gasteiger charge is -2.41. The van der Waals surface area contributed by atoms with Crippen LogP contribution in [0, 0.1) is 0 Å². The molecule has 0 N–H and O–H groups in total. The zero-order valence-corrected chi connectivity index (χ0v) is 17.7. The van der Waals surface area contributed by atoms with Crippen molar-refractivity contribution in [2.75, 3.05) is 0 Å². The molecule has 0 aliphatic heterocycles. The summed E-state index contributed by atoms with van der Waals surface area (Å²) < 4.78 is 0.293. The molecule has 0 aromatic carbocycles. The minimum atomic E-state index is -0.133. The van der Waals surface area contributed by atoms with Crippen molar-refractivity contribution in [3.8, 4) is 0 Å². The Kier molecular flexibility index (Phi) is 6.56. The Morgan fingerprint density at radius 2 is 1.36 bits per heavy atom. The van der Waals surface area contributed by atoms with Crippen molar-refractivity contribution < 1.29 is 0 Å². The molecule has 0 atom stereocenters. The average molecular weight is 340 g/mol. The molecule has 0 spiro atoms. The molecule has 0 saturated carbocycles. The quantitative estimate of drug-likeness (QED) is 0.567. The standard InChI is InChI=1S/C19H34NPS/c1-17(2,3)21(18(4,5)6)13-15-11-10-12-16(20-15)14-22-19(7,8)9/h10-12H,13-14H2,1-9H3. The van der Waals surface area contributed by atoms with E-state index in [9.17, 15) is 0 Å². The van der Waals surface area contributed by atoms with Gasteiger partial charge >= 0.3 is 0 Å². The number of thioether (sulfide) groups is 1. The van der Waals surface area contributed by atoms with Gasteiger partial charge in [-0.1, -0.05) is 76.3 Å². The maximum Gasteiger partial charge on any atom is 0.0506 e. The number of aromatic nitrogens is 1. The van der Waals surface area contributed by atoms with E-state index in [1.165, 1.54) is 11.4 Å². The van der Waals surface area contributed by atoms with Gasteiger partial charge in [0.15, 0.2) is 0 Å². The Hall–Kier alpha value is -0.0700. The van der Waals surface area contributed by atoms with Crippen LogP contribution in [0.2, 0.25) is 0 Å². The van der Waals surface area contributed by atoms with Crippen LogP contribution < -0.4 is 0 Å². The lowest BCUT2D eigenvalue weighted by Crippen LogP contribution is -2.26. The van der Waals surface area contributed by atoms with E-state index in [2.05, 4.69) is 80.5 Å². The normalized spacial score (nSPS) is 13.7. The summed E-state index contributed by atoms with van der Waals surface area (Å²) in [5.41, 5.74) is 2.48. The smallest absolute Gasteiger partial charge is 0.0506 e. The molecular weight excluding hydrogens is 305 g/mol. The van der Waals surface area contributed by atoms with E-state index in [0.717, 1.165) is 11.9 Å². The van der Waals surface area contributed by atoms with Gasteiger partial charge in [0.1, 0.15) is 0 Å². The maximum atomic E-state index is 4.94. The largest absolute Gasteiger partial charge is 0.257 e. The van der Waals surface area contributed by atoms with Crippen LogP contribution in [0.1, 0.15) is 73.7 Å². The molecule has 1 heterocycles. The van der Waals surface area contributed by atoms with Crippen molar-refractivity contribution in [3.63, 3.8) is 0 Å². The van der Waals surface area contributed by atoms with E-state index in [1.54, 1.807) is 0 Å². The second kappa shape index (κ2) is 7.22. The number of nitrogens with zero attached hydrogens (tertiary/aromatic N) is 1. The summed E-state index contributed by atoms with van der Waals surface area (Å²) in [5.74, 6) is 1.00. The van der Waals surface area contributed by atoms with Gasteiger partial charge in [0, 0.05) is 22.4 Å². The van der Waals surface area contributed by atoms with Crippen LogP contribution in [-0.2, 0) is 11.9 Å².